The van der Waals surface area contributed by atoms with Crippen molar-refractivity contribution in [2.75, 3.05) is 0 Å². The van der Waals surface area contributed by atoms with E-state index in [1.165, 1.54) is 0 Å². The summed E-state index contributed by atoms with van der Waals surface area (Å²) in [5.74, 6) is 0.409. The average molecular weight is 176 g/mol. The van der Waals surface area contributed by atoms with Gasteiger partial charge in [0.05, 0.1) is 0 Å². The van der Waals surface area contributed by atoms with Crippen LogP contribution in [0.3, 0.4) is 0 Å². The molecule has 1 aromatic heterocycles. The smallest absolute Gasteiger partial charge is 0.268 e. The van der Waals surface area contributed by atoms with E-state index < -0.39 is 0 Å². The Morgan fingerprint density at radius 1 is 1.62 bits per heavy atom. The van der Waals surface area contributed by atoms with E-state index in [1.807, 2.05) is 19.9 Å². The van der Waals surface area contributed by atoms with Crippen molar-refractivity contribution in [1.82, 2.24) is 4.57 Å². The fraction of sp³-hybridized carbons (Fsp3) is 0.400. The van der Waals surface area contributed by atoms with E-state index in [0.717, 1.165) is 0 Å². The molecule has 0 saturated heterocycles. The summed E-state index contributed by atoms with van der Waals surface area (Å²) in [7, 11) is 0. The highest BCUT2D eigenvalue weighted by Gasteiger charge is 2.02. The second-order valence-corrected chi connectivity index (χ2v) is 3.39. The van der Waals surface area contributed by atoms with Gasteiger partial charge in [0, 0.05) is 12.7 Å². The van der Waals surface area contributed by atoms with E-state index in [9.17, 15) is 4.79 Å². The van der Waals surface area contributed by atoms with Crippen LogP contribution in [-0.4, -0.2) is 4.57 Å². The molecular weight excluding hydrogens is 164 g/mol. The molecule has 0 aliphatic carbocycles. The Hall–Kier alpha value is -1.56. The molecule has 0 bridgehead atoms. The Labute approximate surface area is 77.2 Å². The Morgan fingerprint density at radius 2 is 2.31 bits per heavy atom. The monoisotopic (exact) mass is 176 g/mol. The summed E-state index contributed by atoms with van der Waals surface area (Å²) in [6.45, 7) is 4.73. The minimum atomic E-state index is -0.196. The summed E-state index contributed by atoms with van der Waals surface area (Å²) in [4.78, 5) is 11.5. The van der Waals surface area contributed by atoms with Gasteiger partial charge in [-0.1, -0.05) is 13.8 Å². The molecule has 0 fully saturated rings. The first kappa shape index (κ1) is 9.53. The van der Waals surface area contributed by atoms with E-state index in [4.69, 9.17) is 5.26 Å². The first-order valence-electron chi connectivity index (χ1n) is 4.24. The van der Waals surface area contributed by atoms with Gasteiger partial charge in [-0.2, -0.15) is 5.26 Å². The summed E-state index contributed by atoms with van der Waals surface area (Å²) >= 11 is 0. The normalized spacial score (nSPS) is 10.0. The van der Waals surface area contributed by atoms with Crippen molar-refractivity contribution in [2.24, 2.45) is 5.92 Å². The van der Waals surface area contributed by atoms with Gasteiger partial charge in [0.25, 0.3) is 5.56 Å². The quantitative estimate of drug-likeness (QED) is 0.683. The standard InChI is InChI=1S/C10H12N2O/c1-8(2)7-12-5-3-4-9(6-11)10(12)13/h3-5,8H,7H2,1-2H3. The highest BCUT2D eigenvalue weighted by molar-refractivity contribution is 5.24. The van der Waals surface area contributed by atoms with E-state index in [1.54, 1.807) is 22.9 Å². The molecule has 0 aliphatic rings. The van der Waals surface area contributed by atoms with Gasteiger partial charge in [-0.15, -0.1) is 0 Å². The minimum Gasteiger partial charge on any atom is -0.314 e. The summed E-state index contributed by atoms with van der Waals surface area (Å²) in [5.41, 5.74) is 0.0156. The molecule has 1 heterocycles. The maximum Gasteiger partial charge on any atom is 0.268 e. The molecule has 0 amide bonds. The molecule has 3 nitrogen and oxygen atoms in total. The van der Waals surface area contributed by atoms with Crippen LogP contribution >= 0.6 is 0 Å². The number of aromatic nitrogens is 1. The van der Waals surface area contributed by atoms with Crippen LogP contribution < -0.4 is 5.56 Å². The van der Waals surface area contributed by atoms with Crippen LogP contribution in [0.25, 0.3) is 0 Å². The molecule has 0 aliphatic heterocycles. The summed E-state index contributed by atoms with van der Waals surface area (Å²) in [6.07, 6.45) is 1.71. The molecule has 0 atom stereocenters. The van der Waals surface area contributed by atoms with Crippen LogP contribution in [0.1, 0.15) is 19.4 Å². The van der Waals surface area contributed by atoms with E-state index in [2.05, 4.69) is 0 Å². The van der Waals surface area contributed by atoms with Crippen molar-refractivity contribution in [2.45, 2.75) is 20.4 Å². The molecule has 13 heavy (non-hydrogen) atoms. The maximum atomic E-state index is 11.5. The van der Waals surface area contributed by atoms with Crippen LogP contribution in [0.2, 0.25) is 0 Å². The summed E-state index contributed by atoms with van der Waals surface area (Å²) in [5, 5.41) is 8.61. The summed E-state index contributed by atoms with van der Waals surface area (Å²) < 4.78 is 1.57. The zero-order chi connectivity index (χ0) is 9.84. The largest absolute Gasteiger partial charge is 0.314 e. The summed E-state index contributed by atoms with van der Waals surface area (Å²) in [6, 6.07) is 5.14. The third-order valence-corrected chi connectivity index (χ3v) is 1.70. The van der Waals surface area contributed by atoms with Crippen molar-refractivity contribution in [3.05, 3.63) is 34.2 Å². The number of hydrogen-bond acceptors (Lipinski definition) is 2. The van der Waals surface area contributed by atoms with E-state index >= 15 is 0 Å². The third-order valence-electron chi connectivity index (χ3n) is 1.70. The second kappa shape index (κ2) is 3.90. The van der Waals surface area contributed by atoms with Gasteiger partial charge in [-0.25, -0.2) is 0 Å². The molecule has 0 saturated carbocycles. The Morgan fingerprint density at radius 3 is 2.85 bits per heavy atom. The van der Waals surface area contributed by atoms with Gasteiger partial charge in [0.15, 0.2) is 0 Å². The lowest BCUT2D eigenvalue weighted by molar-refractivity contribution is 0.510. The zero-order valence-corrected chi connectivity index (χ0v) is 7.82. The van der Waals surface area contributed by atoms with Crippen molar-refractivity contribution in [3.8, 4) is 6.07 Å². The van der Waals surface area contributed by atoms with Crippen molar-refractivity contribution in [3.63, 3.8) is 0 Å². The van der Waals surface area contributed by atoms with Crippen LogP contribution in [0.4, 0.5) is 0 Å². The van der Waals surface area contributed by atoms with Gasteiger partial charge in [-0.05, 0) is 18.1 Å². The van der Waals surface area contributed by atoms with E-state index in [0.29, 0.717) is 12.5 Å². The molecule has 3 heteroatoms. The number of pyridine rings is 1. The van der Waals surface area contributed by atoms with Crippen molar-refractivity contribution in [1.29, 1.82) is 5.26 Å². The van der Waals surface area contributed by atoms with E-state index in [-0.39, 0.29) is 11.1 Å². The average Bonchev–Trinajstić information content (AvgIpc) is 2.08. The lowest BCUT2D eigenvalue weighted by Crippen LogP contribution is -2.23. The second-order valence-electron chi connectivity index (χ2n) is 3.39. The number of hydrogen-bond donors (Lipinski definition) is 0. The predicted octanol–water partition coefficient (Wildman–Crippen LogP) is 1.38. The first-order valence-corrected chi connectivity index (χ1v) is 4.24. The van der Waals surface area contributed by atoms with Gasteiger partial charge >= 0.3 is 0 Å². The molecule has 0 aromatic carbocycles. The molecule has 0 unspecified atom stereocenters. The van der Waals surface area contributed by atoms with Crippen LogP contribution in [-0.2, 0) is 6.54 Å². The third kappa shape index (κ3) is 2.19. The minimum absolute atomic E-state index is 0.196. The lowest BCUT2D eigenvalue weighted by atomic mass is 10.2. The lowest BCUT2D eigenvalue weighted by Gasteiger charge is -2.07. The first-order chi connectivity index (χ1) is 6.15. The zero-order valence-electron chi connectivity index (χ0n) is 7.82. The SMILES string of the molecule is CC(C)Cn1cccc(C#N)c1=O. The van der Waals surface area contributed by atoms with Crippen LogP contribution in [0.15, 0.2) is 23.1 Å². The predicted molar refractivity (Wildman–Crippen MR) is 50.3 cm³/mol. The fourth-order valence-electron chi connectivity index (χ4n) is 1.16. The van der Waals surface area contributed by atoms with Gasteiger partial charge < -0.3 is 4.57 Å². The van der Waals surface area contributed by atoms with Gasteiger partial charge in [0.1, 0.15) is 11.6 Å². The Kier molecular flexibility index (Phi) is 2.86. The molecular formula is C10H12N2O. The molecule has 0 spiro atoms. The molecule has 1 aromatic rings. The van der Waals surface area contributed by atoms with Crippen LogP contribution in [0.5, 0.6) is 0 Å². The molecule has 1 rings (SSSR count). The highest BCUT2D eigenvalue weighted by Crippen LogP contribution is 1.96. The molecule has 0 N–H and O–H groups in total. The van der Waals surface area contributed by atoms with Crippen molar-refractivity contribution < 1.29 is 0 Å². The topological polar surface area (TPSA) is 45.8 Å². The molecule has 0 radical (unpaired) electrons. The van der Waals surface area contributed by atoms with Crippen molar-refractivity contribution >= 4 is 0 Å². The maximum absolute atomic E-state index is 11.5. The number of nitrogens with zero attached hydrogens (tertiary/aromatic N) is 2. The number of rotatable bonds is 2. The van der Waals surface area contributed by atoms with Gasteiger partial charge in [-0.3, -0.25) is 4.79 Å². The molecule has 68 valence electrons. The van der Waals surface area contributed by atoms with Gasteiger partial charge in [0.2, 0.25) is 0 Å². The highest BCUT2D eigenvalue weighted by atomic mass is 16.1. The Balaban J connectivity index is 3.11. The number of nitriles is 1. The van der Waals surface area contributed by atoms with Crippen LogP contribution in [0, 0.1) is 17.2 Å². The fourth-order valence-corrected chi connectivity index (χ4v) is 1.16. The Bertz CT molecular complexity index is 385.